The average Bonchev–Trinajstić information content (AvgIpc) is 3.18. The number of benzene rings is 3. The molecule has 0 aromatic heterocycles. The molecule has 2 heterocycles. The van der Waals surface area contributed by atoms with E-state index < -0.39 is 0 Å². The van der Waals surface area contributed by atoms with Gasteiger partial charge in [-0.2, -0.15) is 0 Å². The van der Waals surface area contributed by atoms with E-state index in [0.29, 0.717) is 12.3 Å². The molecule has 3 aromatic rings. The first-order valence-electron chi connectivity index (χ1n) is 13.3. The van der Waals surface area contributed by atoms with Crippen molar-refractivity contribution in [3.63, 3.8) is 0 Å². The summed E-state index contributed by atoms with van der Waals surface area (Å²) in [4.78, 5) is 17.6. The molecule has 1 saturated heterocycles. The van der Waals surface area contributed by atoms with Crippen molar-refractivity contribution >= 4 is 11.6 Å². The molecule has 1 fully saturated rings. The minimum absolute atomic E-state index is 0.0405. The quantitative estimate of drug-likeness (QED) is 0.407. The molecular weight excluding hydrogens is 463 g/mol. The molecular formula is C32H37FN2O2. The monoisotopic (exact) mass is 500 g/mol. The Hall–Kier alpha value is -3.18. The Kier molecular flexibility index (Phi) is 6.84. The molecule has 0 atom stereocenters. The number of fused-ring (bicyclic) bond motifs is 2. The highest BCUT2D eigenvalue weighted by atomic mass is 19.1. The molecule has 37 heavy (non-hydrogen) atoms. The van der Waals surface area contributed by atoms with Gasteiger partial charge in [0.25, 0.3) is 5.91 Å². The van der Waals surface area contributed by atoms with Gasteiger partial charge in [0.15, 0.2) is 6.61 Å². The van der Waals surface area contributed by atoms with Crippen LogP contribution in [0.3, 0.4) is 0 Å². The average molecular weight is 501 g/mol. The Morgan fingerprint density at radius 3 is 2.38 bits per heavy atom. The third-order valence-corrected chi connectivity index (χ3v) is 8.13. The lowest BCUT2D eigenvalue weighted by molar-refractivity contribution is -0.120. The largest absolute Gasteiger partial charge is 0.484 e. The summed E-state index contributed by atoms with van der Waals surface area (Å²) in [5.41, 5.74) is 5.51. The summed E-state index contributed by atoms with van der Waals surface area (Å²) in [6.45, 7) is 12.0. The molecule has 1 spiro atoms. The maximum Gasteiger partial charge on any atom is 0.264 e. The first-order chi connectivity index (χ1) is 17.6. The van der Waals surface area contributed by atoms with E-state index in [1.165, 1.54) is 22.8 Å². The van der Waals surface area contributed by atoms with Crippen molar-refractivity contribution in [3.05, 3.63) is 94.8 Å². The van der Waals surface area contributed by atoms with Crippen LogP contribution in [0.5, 0.6) is 5.75 Å². The summed E-state index contributed by atoms with van der Waals surface area (Å²) in [6.07, 6.45) is 1.79. The number of piperidine rings is 1. The minimum atomic E-state index is -0.245. The number of likely N-dealkylation sites (tertiary alicyclic amines) is 1. The van der Waals surface area contributed by atoms with E-state index in [0.717, 1.165) is 43.7 Å². The zero-order chi connectivity index (χ0) is 26.2. The molecule has 0 unspecified atom stereocenters. The van der Waals surface area contributed by atoms with Crippen LogP contribution in [0.15, 0.2) is 66.7 Å². The number of nitrogens with zero attached hydrogens (tertiary/aromatic N) is 2. The summed E-state index contributed by atoms with van der Waals surface area (Å²) >= 11 is 0. The van der Waals surface area contributed by atoms with Crippen molar-refractivity contribution < 1.29 is 13.9 Å². The third kappa shape index (κ3) is 5.28. The van der Waals surface area contributed by atoms with Crippen LogP contribution in [0.4, 0.5) is 10.1 Å². The number of anilines is 1. The Morgan fingerprint density at radius 1 is 1.00 bits per heavy atom. The fourth-order valence-electron chi connectivity index (χ4n) is 5.73. The van der Waals surface area contributed by atoms with Gasteiger partial charge in [0.05, 0.1) is 0 Å². The van der Waals surface area contributed by atoms with Gasteiger partial charge in [-0.3, -0.25) is 9.69 Å². The van der Waals surface area contributed by atoms with E-state index in [9.17, 15) is 9.18 Å². The predicted octanol–water partition coefficient (Wildman–Crippen LogP) is 6.39. The first-order valence-corrected chi connectivity index (χ1v) is 13.3. The van der Waals surface area contributed by atoms with Crippen LogP contribution in [-0.4, -0.2) is 37.0 Å². The van der Waals surface area contributed by atoms with Crippen molar-refractivity contribution in [2.24, 2.45) is 0 Å². The van der Waals surface area contributed by atoms with Gasteiger partial charge in [-0.1, -0.05) is 57.2 Å². The Bertz CT molecular complexity index is 1270. The number of hydrogen-bond acceptors (Lipinski definition) is 3. The molecule has 0 aliphatic carbocycles. The van der Waals surface area contributed by atoms with Crippen LogP contribution < -0.4 is 9.64 Å². The van der Waals surface area contributed by atoms with Gasteiger partial charge in [0, 0.05) is 24.2 Å². The SMILES string of the molecule is Cc1ccccc1CN1CCC2(CC1)CN(C(=O)COc1ccc(C(C)(C)C)cc1)c1ccc(F)cc12. The fourth-order valence-corrected chi connectivity index (χ4v) is 5.73. The second-order valence-electron chi connectivity index (χ2n) is 11.7. The molecule has 5 rings (SSSR count). The third-order valence-electron chi connectivity index (χ3n) is 8.13. The summed E-state index contributed by atoms with van der Waals surface area (Å²) in [6, 6.07) is 21.3. The van der Waals surface area contributed by atoms with Crippen molar-refractivity contribution in [1.82, 2.24) is 4.90 Å². The van der Waals surface area contributed by atoms with Gasteiger partial charge < -0.3 is 9.64 Å². The molecule has 3 aromatic carbocycles. The van der Waals surface area contributed by atoms with Gasteiger partial charge in [-0.25, -0.2) is 4.39 Å². The van der Waals surface area contributed by atoms with Crippen LogP contribution in [0.25, 0.3) is 0 Å². The molecule has 4 nitrogen and oxygen atoms in total. The highest BCUT2D eigenvalue weighted by Crippen LogP contribution is 2.47. The topological polar surface area (TPSA) is 32.8 Å². The Labute approximate surface area is 220 Å². The molecule has 194 valence electrons. The van der Waals surface area contributed by atoms with Gasteiger partial charge in [-0.05, 0) is 90.9 Å². The number of carbonyl (C=O) groups is 1. The normalized spacial score (nSPS) is 17.2. The Balaban J connectivity index is 1.27. The van der Waals surface area contributed by atoms with Crippen molar-refractivity contribution in [2.75, 3.05) is 31.1 Å². The van der Waals surface area contributed by atoms with Crippen molar-refractivity contribution in [1.29, 1.82) is 0 Å². The smallest absolute Gasteiger partial charge is 0.264 e. The van der Waals surface area contributed by atoms with Crippen LogP contribution >= 0.6 is 0 Å². The number of rotatable bonds is 5. The molecule has 5 heteroatoms. The summed E-state index contributed by atoms with van der Waals surface area (Å²) in [5.74, 6) is 0.344. The summed E-state index contributed by atoms with van der Waals surface area (Å²) < 4.78 is 20.3. The first kappa shape index (κ1) is 25.5. The van der Waals surface area contributed by atoms with Crippen LogP contribution in [-0.2, 0) is 22.2 Å². The van der Waals surface area contributed by atoms with E-state index in [2.05, 4.69) is 56.9 Å². The van der Waals surface area contributed by atoms with E-state index in [1.807, 2.05) is 29.2 Å². The van der Waals surface area contributed by atoms with Gasteiger partial charge in [0.2, 0.25) is 0 Å². The highest BCUT2D eigenvalue weighted by Gasteiger charge is 2.46. The lowest BCUT2D eigenvalue weighted by atomic mass is 9.74. The van der Waals surface area contributed by atoms with Crippen molar-refractivity contribution in [3.8, 4) is 5.75 Å². The number of amides is 1. The number of hydrogen-bond donors (Lipinski definition) is 0. The van der Waals surface area contributed by atoms with Crippen molar-refractivity contribution in [2.45, 2.75) is 57.9 Å². The summed E-state index contributed by atoms with van der Waals surface area (Å²) in [5, 5.41) is 0. The van der Waals surface area contributed by atoms with Crippen LogP contribution in [0.2, 0.25) is 0 Å². The maximum atomic E-state index is 14.4. The molecule has 0 radical (unpaired) electrons. The lowest BCUT2D eigenvalue weighted by Gasteiger charge is -2.40. The molecule has 0 bridgehead atoms. The number of halogens is 1. The van der Waals surface area contributed by atoms with Gasteiger partial charge in [-0.15, -0.1) is 0 Å². The standard InChI is InChI=1S/C32H37FN2O2/c1-23-7-5-6-8-24(23)20-34-17-15-32(16-18-34)22-35(29-14-11-26(33)19-28(29)32)30(36)21-37-27-12-9-25(10-13-27)31(2,3)4/h5-14,19H,15-18,20-22H2,1-4H3. The summed E-state index contributed by atoms with van der Waals surface area (Å²) in [7, 11) is 0. The fraction of sp³-hybridized carbons (Fsp3) is 0.406. The Morgan fingerprint density at radius 2 is 1.70 bits per heavy atom. The molecule has 0 saturated carbocycles. The van der Waals surface area contributed by atoms with Gasteiger partial charge >= 0.3 is 0 Å². The van der Waals surface area contributed by atoms with Gasteiger partial charge in [0.1, 0.15) is 11.6 Å². The second kappa shape index (κ2) is 9.94. The van der Waals surface area contributed by atoms with E-state index >= 15 is 0 Å². The molecule has 2 aliphatic heterocycles. The van der Waals surface area contributed by atoms with E-state index in [4.69, 9.17) is 4.74 Å². The predicted molar refractivity (Wildman–Crippen MR) is 147 cm³/mol. The minimum Gasteiger partial charge on any atom is -0.484 e. The maximum absolute atomic E-state index is 14.4. The van der Waals surface area contributed by atoms with E-state index in [1.54, 1.807) is 12.1 Å². The molecule has 1 amide bonds. The van der Waals surface area contributed by atoms with E-state index in [-0.39, 0.29) is 29.2 Å². The number of carbonyl (C=O) groups excluding carboxylic acids is 1. The highest BCUT2D eigenvalue weighted by molar-refractivity contribution is 5.97. The molecule has 2 aliphatic rings. The lowest BCUT2D eigenvalue weighted by Crippen LogP contribution is -2.46. The molecule has 0 N–H and O–H groups in total. The number of aryl methyl sites for hydroxylation is 1. The van der Waals surface area contributed by atoms with Crippen LogP contribution in [0, 0.1) is 12.7 Å². The van der Waals surface area contributed by atoms with Crippen LogP contribution in [0.1, 0.15) is 55.9 Å². The zero-order valence-electron chi connectivity index (χ0n) is 22.4. The number of ether oxygens (including phenoxy) is 1. The second-order valence-corrected chi connectivity index (χ2v) is 11.7. The zero-order valence-corrected chi connectivity index (χ0v) is 22.4.